The monoisotopic (exact) mass is 283 g/mol. The molecule has 0 aliphatic carbocycles. The van der Waals surface area contributed by atoms with Gasteiger partial charge in [-0.05, 0) is 23.1 Å². The molecule has 0 fully saturated rings. The molecule has 0 aliphatic rings. The van der Waals surface area contributed by atoms with E-state index in [4.69, 9.17) is 5.73 Å². The first-order chi connectivity index (χ1) is 9.89. The van der Waals surface area contributed by atoms with Gasteiger partial charge >= 0.3 is 0 Å². The highest BCUT2D eigenvalue weighted by Gasteiger charge is 2.28. The highest BCUT2D eigenvalue weighted by atomic mass is 16.2. The van der Waals surface area contributed by atoms with E-state index in [2.05, 4.69) is 31.1 Å². The van der Waals surface area contributed by atoms with Gasteiger partial charge < -0.3 is 11.1 Å². The summed E-state index contributed by atoms with van der Waals surface area (Å²) in [6.45, 7) is 6.27. The summed E-state index contributed by atoms with van der Waals surface area (Å²) >= 11 is 0. The second-order valence-electron chi connectivity index (χ2n) is 6.12. The first kappa shape index (κ1) is 15.0. The molecule has 3 N–H and O–H groups in total. The Hall–Kier alpha value is -2.36. The molecule has 2 aromatic rings. The zero-order valence-electron chi connectivity index (χ0n) is 12.6. The summed E-state index contributed by atoms with van der Waals surface area (Å²) in [4.78, 5) is 16.5. The number of rotatable bonds is 3. The normalized spacial score (nSPS) is 12.7. The molecule has 0 bridgehead atoms. The molecule has 0 saturated carbocycles. The number of nitrogens with one attached hydrogen (secondary N) is 1. The van der Waals surface area contributed by atoms with Crippen LogP contribution in [-0.2, 0) is 0 Å². The first-order valence-electron chi connectivity index (χ1n) is 6.96. The lowest BCUT2D eigenvalue weighted by molar-refractivity contribution is 0.0897. The lowest BCUT2D eigenvalue weighted by Crippen LogP contribution is -2.37. The van der Waals surface area contributed by atoms with Gasteiger partial charge in [0.2, 0.25) is 0 Å². The first-order valence-corrected chi connectivity index (χ1v) is 6.96. The number of hydrogen-bond donors (Lipinski definition) is 2. The van der Waals surface area contributed by atoms with Crippen LogP contribution in [0.1, 0.15) is 42.9 Å². The second kappa shape index (κ2) is 5.95. The van der Waals surface area contributed by atoms with Gasteiger partial charge in [-0.3, -0.25) is 4.79 Å². The van der Waals surface area contributed by atoms with E-state index < -0.39 is 0 Å². The second-order valence-corrected chi connectivity index (χ2v) is 6.12. The minimum absolute atomic E-state index is 0.118. The molecule has 2 rings (SSSR count). The molecule has 0 aliphatic heterocycles. The van der Waals surface area contributed by atoms with Crippen LogP contribution in [0.2, 0.25) is 0 Å². The van der Waals surface area contributed by atoms with Crippen molar-refractivity contribution >= 4 is 11.6 Å². The van der Waals surface area contributed by atoms with E-state index in [-0.39, 0.29) is 23.1 Å². The summed E-state index contributed by atoms with van der Waals surface area (Å²) in [5.74, 6) is -0.253. The van der Waals surface area contributed by atoms with Crippen LogP contribution in [0.3, 0.4) is 0 Å². The maximum Gasteiger partial charge on any atom is 0.272 e. The predicted octanol–water partition coefficient (Wildman–Crippen LogP) is 3.18. The molecule has 110 valence electrons. The van der Waals surface area contributed by atoms with Gasteiger partial charge in [0.05, 0.1) is 11.7 Å². The molecule has 1 unspecified atom stereocenters. The number of benzene rings is 1. The lowest BCUT2D eigenvalue weighted by atomic mass is 9.82. The van der Waals surface area contributed by atoms with Gasteiger partial charge in [0.1, 0.15) is 0 Å². The Morgan fingerprint density at radius 2 is 1.81 bits per heavy atom. The van der Waals surface area contributed by atoms with E-state index in [1.165, 1.54) is 0 Å². The molecule has 1 atom stereocenters. The standard InChI is InChI=1S/C17H21N3O/c1-17(2,3)15(12-8-5-4-6-9-12)20-16(21)14-13(18)10-7-11-19-14/h4-11,15H,18H2,1-3H3,(H,20,21). The Kier molecular flexibility index (Phi) is 4.26. The number of amides is 1. The topological polar surface area (TPSA) is 68.0 Å². The van der Waals surface area contributed by atoms with E-state index >= 15 is 0 Å². The third-order valence-electron chi connectivity index (χ3n) is 3.33. The van der Waals surface area contributed by atoms with E-state index in [0.717, 1.165) is 5.56 Å². The number of nitrogens with zero attached hydrogens (tertiary/aromatic N) is 1. The number of hydrogen-bond acceptors (Lipinski definition) is 3. The number of carbonyl (C=O) groups excluding carboxylic acids is 1. The van der Waals surface area contributed by atoms with E-state index in [9.17, 15) is 4.79 Å². The van der Waals surface area contributed by atoms with Gasteiger partial charge in [-0.25, -0.2) is 4.98 Å². The number of aromatic nitrogens is 1. The van der Waals surface area contributed by atoms with E-state index in [0.29, 0.717) is 5.69 Å². The van der Waals surface area contributed by atoms with Crippen LogP contribution in [0.15, 0.2) is 48.7 Å². The molecule has 0 radical (unpaired) electrons. The summed E-state index contributed by atoms with van der Waals surface area (Å²) in [5.41, 5.74) is 7.41. The summed E-state index contributed by atoms with van der Waals surface area (Å²) in [6, 6.07) is 13.2. The fraction of sp³-hybridized carbons (Fsp3) is 0.294. The minimum atomic E-state index is -0.253. The van der Waals surface area contributed by atoms with Crippen LogP contribution in [0.4, 0.5) is 5.69 Å². The summed E-state index contributed by atoms with van der Waals surface area (Å²) in [5, 5.41) is 3.05. The van der Waals surface area contributed by atoms with Gasteiger partial charge in [0.15, 0.2) is 5.69 Å². The van der Waals surface area contributed by atoms with Crippen LogP contribution in [0.25, 0.3) is 0 Å². The number of anilines is 1. The fourth-order valence-electron chi connectivity index (χ4n) is 2.25. The van der Waals surface area contributed by atoms with Crippen LogP contribution < -0.4 is 11.1 Å². The third kappa shape index (κ3) is 3.60. The molecule has 1 aromatic heterocycles. The maximum atomic E-state index is 12.4. The Labute approximate surface area is 125 Å². The average molecular weight is 283 g/mol. The molecular formula is C17H21N3O. The molecule has 21 heavy (non-hydrogen) atoms. The van der Waals surface area contributed by atoms with Gasteiger partial charge in [-0.15, -0.1) is 0 Å². The van der Waals surface area contributed by atoms with E-state index in [1.54, 1.807) is 18.3 Å². The van der Waals surface area contributed by atoms with Crippen molar-refractivity contribution in [1.29, 1.82) is 0 Å². The van der Waals surface area contributed by atoms with Crippen LogP contribution >= 0.6 is 0 Å². The van der Waals surface area contributed by atoms with Crippen molar-refractivity contribution in [2.75, 3.05) is 5.73 Å². The highest BCUT2D eigenvalue weighted by Crippen LogP contribution is 2.32. The lowest BCUT2D eigenvalue weighted by Gasteiger charge is -2.32. The predicted molar refractivity (Wildman–Crippen MR) is 84.8 cm³/mol. The molecular weight excluding hydrogens is 262 g/mol. The third-order valence-corrected chi connectivity index (χ3v) is 3.33. The molecule has 4 nitrogen and oxygen atoms in total. The van der Waals surface area contributed by atoms with Crippen molar-refractivity contribution in [2.45, 2.75) is 26.8 Å². The minimum Gasteiger partial charge on any atom is -0.397 e. The molecule has 1 heterocycles. The largest absolute Gasteiger partial charge is 0.397 e. The zero-order valence-corrected chi connectivity index (χ0v) is 12.6. The van der Waals surface area contributed by atoms with Crippen molar-refractivity contribution in [2.24, 2.45) is 5.41 Å². The quantitative estimate of drug-likeness (QED) is 0.909. The van der Waals surface area contributed by atoms with Crippen LogP contribution in [0.5, 0.6) is 0 Å². The number of carbonyl (C=O) groups is 1. The smallest absolute Gasteiger partial charge is 0.272 e. The Bertz CT molecular complexity index is 617. The van der Waals surface area contributed by atoms with Crippen molar-refractivity contribution in [3.05, 3.63) is 59.9 Å². The molecule has 1 aromatic carbocycles. The molecule has 0 spiro atoms. The van der Waals surface area contributed by atoms with Crippen molar-refractivity contribution in [3.63, 3.8) is 0 Å². The van der Waals surface area contributed by atoms with Gasteiger partial charge in [-0.2, -0.15) is 0 Å². The van der Waals surface area contributed by atoms with E-state index in [1.807, 2.05) is 30.3 Å². The Morgan fingerprint density at radius 1 is 1.14 bits per heavy atom. The fourth-order valence-corrected chi connectivity index (χ4v) is 2.25. The number of pyridine rings is 1. The van der Waals surface area contributed by atoms with Gasteiger partial charge in [0.25, 0.3) is 5.91 Å². The Balaban J connectivity index is 2.29. The highest BCUT2D eigenvalue weighted by molar-refractivity contribution is 5.97. The maximum absolute atomic E-state index is 12.4. The van der Waals surface area contributed by atoms with Gasteiger partial charge in [-0.1, -0.05) is 51.1 Å². The summed E-state index contributed by atoms with van der Waals surface area (Å²) in [7, 11) is 0. The van der Waals surface area contributed by atoms with Crippen LogP contribution in [-0.4, -0.2) is 10.9 Å². The van der Waals surface area contributed by atoms with Crippen molar-refractivity contribution in [3.8, 4) is 0 Å². The SMILES string of the molecule is CC(C)(C)C(NC(=O)c1ncccc1N)c1ccccc1. The molecule has 0 saturated heterocycles. The van der Waals surface area contributed by atoms with Crippen molar-refractivity contribution < 1.29 is 4.79 Å². The number of nitrogen functional groups attached to an aromatic ring is 1. The summed E-state index contributed by atoms with van der Waals surface area (Å²) < 4.78 is 0. The van der Waals surface area contributed by atoms with Crippen LogP contribution in [0, 0.1) is 5.41 Å². The molecule has 1 amide bonds. The molecule has 4 heteroatoms. The average Bonchev–Trinajstić information content (AvgIpc) is 2.44. The van der Waals surface area contributed by atoms with Gasteiger partial charge in [0, 0.05) is 6.20 Å². The summed E-state index contributed by atoms with van der Waals surface area (Å²) in [6.07, 6.45) is 1.57. The number of nitrogens with two attached hydrogens (primary N) is 1. The Morgan fingerprint density at radius 3 is 2.38 bits per heavy atom. The van der Waals surface area contributed by atoms with Crippen molar-refractivity contribution in [1.82, 2.24) is 10.3 Å². The zero-order chi connectivity index (χ0) is 15.5.